The average Bonchev–Trinajstić information content (AvgIpc) is 2.86. The number of rotatable bonds is 4. The molecule has 0 saturated heterocycles. The molecule has 1 aromatic rings. The van der Waals surface area contributed by atoms with Gasteiger partial charge in [-0.1, -0.05) is 20.8 Å². The first-order valence-corrected chi connectivity index (χ1v) is 8.75. The standard InChI is InChI=1S/C17H30ClN3/c1-13(2)21-15(19-12-20-21)10-17(11-18)8-6-14(7-9-17)16(3,4)5/h12-14H,6-11H2,1-5H3. The fraction of sp³-hybridized carbons (Fsp3) is 0.882. The molecule has 1 aliphatic rings. The van der Waals surface area contributed by atoms with Crippen molar-refractivity contribution in [3.05, 3.63) is 12.2 Å². The van der Waals surface area contributed by atoms with Crippen LogP contribution in [0, 0.1) is 16.7 Å². The Kier molecular flexibility index (Phi) is 5.02. The zero-order chi connectivity index (χ0) is 15.7. The predicted molar refractivity (Wildman–Crippen MR) is 88.7 cm³/mol. The van der Waals surface area contributed by atoms with Crippen molar-refractivity contribution in [3.8, 4) is 0 Å². The summed E-state index contributed by atoms with van der Waals surface area (Å²) in [6.45, 7) is 11.4. The number of alkyl halides is 1. The molecule has 21 heavy (non-hydrogen) atoms. The molecule has 3 nitrogen and oxygen atoms in total. The van der Waals surface area contributed by atoms with Gasteiger partial charge in [-0.25, -0.2) is 9.67 Å². The average molecular weight is 312 g/mol. The van der Waals surface area contributed by atoms with E-state index in [2.05, 4.69) is 44.7 Å². The molecule has 4 heteroatoms. The topological polar surface area (TPSA) is 30.7 Å². The van der Waals surface area contributed by atoms with Gasteiger partial charge in [0.05, 0.1) is 0 Å². The number of hydrogen-bond acceptors (Lipinski definition) is 2. The first-order chi connectivity index (χ1) is 9.77. The predicted octanol–water partition coefficient (Wildman–Crippen LogP) is 4.86. The first kappa shape index (κ1) is 16.8. The van der Waals surface area contributed by atoms with Crippen LogP contribution in [0.25, 0.3) is 0 Å². The maximum Gasteiger partial charge on any atom is 0.138 e. The molecule has 1 saturated carbocycles. The van der Waals surface area contributed by atoms with Crippen LogP contribution in [0.15, 0.2) is 6.33 Å². The highest BCUT2D eigenvalue weighted by Gasteiger charge is 2.39. The highest BCUT2D eigenvalue weighted by Crippen LogP contribution is 2.47. The first-order valence-electron chi connectivity index (χ1n) is 8.22. The van der Waals surface area contributed by atoms with Gasteiger partial charge >= 0.3 is 0 Å². The molecule has 0 bridgehead atoms. The Morgan fingerprint density at radius 1 is 1.33 bits per heavy atom. The van der Waals surface area contributed by atoms with E-state index in [1.807, 2.05) is 4.68 Å². The second-order valence-electron chi connectivity index (χ2n) is 8.17. The summed E-state index contributed by atoms with van der Waals surface area (Å²) in [5, 5.41) is 4.36. The number of halogens is 1. The van der Waals surface area contributed by atoms with Crippen LogP contribution < -0.4 is 0 Å². The van der Waals surface area contributed by atoms with Crippen molar-refractivity contribution in [1.29, 1.82) is 0 Å². The summed E-state index contributed by atoms with van der Waals surface area (Å²) < 4.78 is 2.05. The Morgan fingerprint density at radius 3 is 2.43 bits per heavy atom. The third-order valence-electron chi connectivity index (χ3n) is 5.22. The van der Waals surface area contributed by atoms with Crippen molar-refractivity contribution < 1.29 is 0 Å². The maximum atomic E-state index is 6.39. The Labute approximate surface area is 134 Å². The van der Waals surface area contributed by atoms with Gasteiger partial charge in [0.2, 0.25) is 0 Å². The minimum absolute atomic E-state index is 0.211. The van der Waals surface area contributed by atoms with Gasteiger partial charge in [0.25, 0.3) is 0 Å². The molecule has 0 spiro atoms. The summed E-state index contributed by atoms with van der Waals surface area (Å²) in [5.41, 5.74) is 0.624. The monoisotopic (exact) mass is 311 g/mol. The highest BCUT2D eigenvalue weighted by molar-refractivity contribution is 6.18. The van der Waals surface area contributed by atoms with Gasteiger partial charge in [-0.3, -0.25) is 0 Å². The van der Waals surface area contributed by atoms with Gasteiger partial charge in [-0.15, -0.1) is 11.6 Å². The van der Waals surface area contributed by atoms with Crippen LogP contribution in [0.4, 0.5) is 0 Å². The number of nitrogens with zero attached hydrogens (tertiary/aromatic N) is 3. The molecule has 0 atom stereocenters. The van der Waals surface area contributed by atoms with E-state index in [0.717, 1.165) is 24.0 Å². The Hall–Kier alpha value is -0.570. The molecule has 0 N–H and O–H groups in total. The molecule has 2 rings (SSSR count). The lowest BCUT2D eigenvalue weighted by atomic mass is 9.63. The molecule has 1 fully saturated rings. The van der Waals surface area contributed by atoms with E-state index in [4.69, 9.17) is 11.6 Å². The van der Waals surface area contributed by atoms with Crippen molar-refractivity contribution in [2.45, 2.75) is 72.8 Å². The van der Waals surface area contributed by atoms with E-state index >= 15 is 0 Å². The van der Waals surface area contributed by atoms with Crippen molar-refractivity contribution in [2.75, 3.05) is 5.88 Å². The zero-order valence-corrected chi connectivity index (χ0v) is 15.0. The van der Waals surface area contributed by atoms with Crippen LogP contribution in [0.5, 0.6) is 0 Å². The SMILES string of the molecule is CC(C)n1ncnc1CC1(CCl)CCC(C(C)(C)C)CC1. The van der Waals surface area contributed by atoms with Crippen LogP contribution in [0.3, 0.4) is 0 Å². The van der Waals surface area contributed by atoms with Crippen LogP contribution in [-0.4, -0.2) is 20.6 Å². The minimum Gasteiger partial charge on any atom is -0.248 e. The van der Waals surface area contributed by atoms with Gasteiger partial charge < -0.3 is 0 Å². The Balaban J connectivity index is 2.09. The van der Waals surface area contributed by atoms with Crippen molar-refractivity contribution in [3.63, 3.8) is 0 Å². The smallest absolute Gasteiger partial charge is 0.138 e. The normalized spacial score (nSPS) is 27.3. The number of hydrogen-bond donors (Lipinski definition) is 0. The quantitative estimate of drug-likeness (QED) is 0.743. The van der Waals surface area contributed by atoms with E-state index in [-0.39, 0.29) is 5.41 Å². The Morgan fingerprint density at radius 2 is 1.95 bits per heavy atom. The summed E-state index contributed by atoms with van der Waals surface area (Å²) in [7, 11) is 0. The van der Waals surface area contributed by atoms with Gasteiger partial charge in [0.15, 0.2) is 0 Å². The summed E-state index contributed by atoms with van der Waals surface area (Å²) in [4.78, 5) is 4.49. The zero-order valence-electron chi connectivity index (χ0n) is 14.2. The van der Waals surface area contributed by atoms with Gasteiger partial charge in [-0.2, -0.15) is 5.10 Å². The molecule has 1 heterocycles. The van der Waals surface area contributed by atoms with Crippen LogP contribution >= 0.6 is 11.6 Å². The molecule has 1 aromatic heterocycles. The minimum atomic E-state index is 0.211. The fourth-order valence-corrected chi connectivity index (χ4v) is 3.98. The van der Waals surface area contributed by atoms with Crippen molar-refractivity contribution in [2.24, 2.45) is 16.7 Å². The van der Waals surface area contributed by atoms with Crippen LogP contribution in [-0.2, 0) is 6.42 Å². The lowest BCUT2D eigenvalue weighted by Crippen LogP contribution is -2.36. The van der Waals surface area contributed by atoms with Gasteiger partial charge in [-0.05, 0) is 56.3 Å². The summed E-state index contributed by atoms with van der Waals surface area (Å²) in [5.74, 6) is 2.64. The van der Waals surface area contributed by atoms with E-state index in [0.29, 0.717) is 11.5 Å². The molecular formula is C17H30ClN3. The molecule has 0 amide bonds. The summed E-state index contributed by atoms with van der Waals surface area (Å²) >= 11 is 6.39. The van der Waals surface area contributed by atoms with Gasteiger partial charge in [0.1, 0.15) is 12.2 Å². The largest absolute Gasteiger partial charge is 0.248 e. The second-order valence-corrected chi connectivity index (χ2v) is 8.43. The van der Waals surface area contributed by atoms with E-state index in [1.54, 1.807) is 6.33 Å². The Bertz CT molecular complexity index is 451. The molecule has 0 aromatic carbocycles. The molecule has 120 valence electrons. The van der Waals surface area contributed by atoms with Crippen molar-refractivity contribution >= 4 is 11.6 Å². The van der Waals surface area contributed by atoms with Crippen molar-refractivity contribution in [1.82, 2.24) is 14.8 Å². The lowest BCUT2D eigenvalue weighted by molar-refractivity contribution is 0.0994. The molecule has 1 aliphatic carbocycles. The fourth-order valence-electron chi connectivity index (χ4n) is 3.62. The van der Waals surface area contributed by atoms with E-state index in [1.165, 1.54) is 25.7 Å². The van der Waals surface area contributed by atoms with E-state index in [9.17, 15) is 0 Å². The van der Waals surface area contributed by atoms with E-state index < -0.39 is 0 Å². The third-order valence-corrected chi connectivity index (χ3v) is 5.79. The molecule has 0 unspecified atom stereocenters. The highest BCUT2D eigenvalue weighted by atomic mass is 35.5. The second kappa shape index (κ2) is 6.28. The number of aromatic nitrogens is 3. The van der Waals surface area contributed by atoms with Gasteiger partial charge in [0, 0.05) is 18.3 Å². The molecular weight excluding hydrogens is 282 g/mol. The molecule has 0 radical (unpaired) electrons. The third kappa shape index (κ3) is 3.80. The lowest BCUT2D eigenvalue weighted by Gasteiger charge is -2.43. The summed E-state index contributed by atoms with van der Waals surface area (Å²) in [6, 6.07) is 0.362. The molecule has 0 aliphatic heterocycles. The summed E-state index contributed by atoms with van der Waals surface area (Å²) in [6.07, 6.45) is 7.63. The van der Waals surface area contributed by atoms with Crippen LogP contribution in [0.2, 0.25) is 0 Å². The maximum absolute atomic E-state index is 6.39. The van der Waals surface area contributed by atoms with Crippen LogP contribution in [0.1, 0.15) is 72.2 Å².